The zero-order valence-corrected chi connectivity index (χ0v) is 11.2. The van der Waals surface area contributed by atoms with Gasteiger partial charge in [0, 0.05) is 12.7 Å². The molecule has 0 aliphatic heterocycles. The van der Waals surface area contributed by atoms with Crippen LogP contribution < -0.4 is 9.47 Å². The predicted molar refractivity (Wildman–Crippen MR) is 69.0 cm³/mol. The molecule has 0 spiro atoms. The molecule has 0 aromatic carbocycles. The fraction of sp³-hybridized carbons (Fsp3) is 0.538. The first kappa shape index (κ1) is 15.2. The topological polar surface area (TPSA) is 77.9 Å². The molecule has 1 heterocycles. The molecule has 0 atom stereocenters. The Morgan fingerprint density at radius 1 is 1.32 bits per heavy atom. The van der Waals surface area contributed by atoms with E-state index in [-0.39, 0.29) is 17.3 Å². The van der Waals surface area contributed by atoms with Crippen LogP contribution in [0.1, 0.15) is 30.3 Å². The number of carboxylic acid groups (broad SMARTS) is 1. The van der Waals surface area contributed by atoms with Crippen LogP contribution in [0.4, 0.5) is 0 Å². The van der Waals surface area contributed by atoms with E-state index in [9.17, 15) is 4.79 Å². The second-order valence-corrected chi connectivity index (χ2v) is 3.82. The molecule has 0 aliphatic carbocycles. The Balaban J connectivity index is 2.46. The summed E-state index contributed by atoms with van der Waals surface area (Å²) in [6.07, 6.45) is 2.10. The average molecular weight is 269 g/mol. The summed E-state index contributed by atoms with van der Waals surface area (Å²) in [5.74, 6) is -0.696. The third-order valence-electron chi connectivity index (χ3n) is 2.38. The first-order valence-electron chi connectivity index (χ1n) is 6.18. The summed E-state index contributed by atoms with van der Waals surface area (Å²) < 4.78 is 15.6. The van der Waals surface area contributed by atoms with Crippen LogP contribution in [0.3, 0.4) is 0 Å². The fourth-order valence-electron chi connectivity index (χ4n) is 1.38. The van der Waals surface area contributed by atoms with E-state index in [0.717, 1.165) is 12.8 Å². The van der Waals surface area contributed by atoms with Crippen LogP contribution in [0.2, 0.25) is 0 Å². The molecule has 106 valence electrons. The smallest absolute Gasteiger partial charge is 0.358 e. The largest absolute Gasteiger partial charge is 0.494 e. The molecule has 6 heteroatoms. The summed E-state index contributed by atoms with van der Waals surface area (Å²) in [6, 6.07) is 3.08. The minimum atomic E-state index is -1.15. The maximum Gasteiger partial charge on any atom is 0.358 e. The number of hydrogen-bond donors (Lipinski definition) is 1. The van der Waals surface area contributed by atoms with Crippen molar-refractivity contribution in [3.63, 3.8) is 0 Å². The Morgan fingerprint density at radius 2 is 2.11 bits per heavy atom. The molecular formula is C13H19NO5. The summed E-state index contributed by atoms with van der Waals surface area (Å²) in [5, 5.41) is 8.97. The highest BCUT2D eigenvalue weighted by molar-refractivity contribution is 5.88. The van der Waals surface area contributed by atoms with Crippen molar-refractivity contribution in [2.45, 2.75) is 19.8 Å². The molecule has 0 fully saturated rings. The van der Waals surface area contributed by atoms with E-state index in [1.807, 2.05) is 0 Å². The van der Waals surface area contributed by atoms with Gasteiger partial charge in [-0.25, -0.2) is 9.78 Å². The summed E-state index contributed by atoms with van der Waals surface area (Å²) in [6.45, 7) is 3.59. The Bertz CT molecular complexity index is 408. The van der Waals surface area contributed by atoms with Crippen molar-refractivity contribution in [2.75, 3.05) is 26.9 Å². The van der Waals surface area contributed by atoms with Crippen molar-refractivity contribution >= 4 is 5.97 Å². The van der Waals surface area contributed by atoms with Gasteiger partial charge in [-0.05, 0) is 12.5 Å². The number of aromatic nitrogens is 1. The molecule has 0 unspecified atom stereocenters. The minimum absolute atomic E-state index is 0.160. The Labute approximate surface area is 112 Å². The number of carboxylic acids is 1. The zero-order chi connectivity index (χ0) is 14.1. The SMILES string of the molecule is CCCCOCCOc1ccc(OC)c(C(=O)O)n1. The van der Waals surface area contributed by atoms with E-state index >= 15 is 0 Å². The maximum atomic E-state index is 11.0. The van der Waals surface area contributed by atoms with Crippen LogP contribution in [-0.2, 0) is 4.74 Å². The second-order valence-electron chi connectivity index (χ2n) is 3.82. The number of hydrogen-bond acceptors (Lipinski definition) is 5. The highest BCUT2D eigenvalue weighted by atomic mass is 16.5. The van der Waals surface area contributed by atoms with Gasteiger partial charge in [0.25, 0.3) is 0 Å². The van der Waals surface area contributed by atoms with Crippen LogP contribution in [-0.4, -0.2) is 43.0 Å². The number of pyridine rings is 1. The molecule has 0 bridgehead atoms. The lowest BCUT2D eigenvalue weighted by molar-refractivity contribution is 0.0683. The third-order valence-corrected chi connectivity index (χ3v) is 2.38. The van der Waals surface area contributed by atoms with Crippen LogP contribution >= 0.6 is 0 Å². The number of unbranched alkanes of at least 4 members (excludes halogenated alkanes) is 1. The molecule has 0 amide bonds. The van der Waals surface area contributed by atoms with Gasteiger partial charge in [0.05, 0.1) is 13.7 Å². The normalized spacial score (nSPS) is 10.2. The molecule has 1 aromatic rings. The van der Waals surface area contributed by atoms with Gasteiger partial charge in [0.1, 0.15) is 6.61 Å². The highest BCUT2D eigenvalue weighted by Crippen LogP contribution is 2.19. The lowest BCUT2D eigenvalue weighted by Gasteiger charge is -2.08. The van der Waals surface area contributed by atoms with E-state index in [0.29, 0.717) is 19.8 Å². The minimum Gasteiger partial charge on any atom is -0.494 e. The van der Waals surface area contributed by atoms with E-state index in [1.54, 1.807) is 6.07 Å². The lowest BCUT2D eigenvalue weighted by atomic mass is 10.3. The first-order chi connectivity index (χ1) is 9.19. The zero-order valence-electron chi connectivity index (χ0n) is 11.2. The second kappa shape index (κ2) is 8.31. The molecule has 19 heavy (non-hydrogen) atoms. The summed E-state index contributed by atoms with van der Waals surface area (Å²) >= 11 is 0. The van der Waals surface area contributed by atoms with Crippen molar-refractivity contribution in [3.05, 3.63) is 17.8 Å². The maximum absolute atomic E-state index is 11.0. The fourth-order valence-corrected chi connectivity index (χ4v) is 1.38. The van der Waals surface area contributed by atoms with Crippen LogP contribution in [0, 0.1) is 0 Å². The standard InChI is InChI=1S/C13H19NO5/c1-3-4-7-18-8-9-19-11-6-5-10(17-2)12(14-11)13(15)16/h5-6H,3-4,7-9H2,1-2H3,(H,15,16). The number of carbonyl (C=O) groups is 1. The van der Waals surface area contributed by atoms with Crippen molar-refractivity contribution in [3.8, 4) is 11.6 Å². The number of rotatable bonds is 9. The van der Waals surface area contributed by atoms with Gasteiger partial charge in [-0.1, -0.05) is 13.3 Å². The van der Waals surface area contributed by atoms with E-state index < -0.39 is 5.97 Å². The first-order valence-corrected chi connectivity index (χ1v) is 6.18. The molecule has 0 saturated carbocycles. The van der Waals surface area contributed by atoms with Gasteiger partial charge >= 0.3 is 5.97 Å². The Hall–Kier alpha value is -1.82. The number of methoxy groups -OCH3 is 1. The quantitative estimate of drug-likeness (QED) is 0.691. The third kappa shape index (κ3) is 5.13. The van der Waals surface area contributed by atoms with Gasteiger partial charge in [0.15, 0.2) is 11.4 Å². The van der Waals surface area contributed by atoms with Crippen LogP contribution in [0.5, 0.6) is 11.6 Å². The van der Waals surface area contributed by atoms with Crippen molar-refractivity contribution in [2.24, 2.45) is 0 Å². The molecule has 1 rings (SSSR count). The molecule has 6 nitrogen and oxygen atoms in total. The van der Waals surface area contributed by atoms with Crippen molar-refractivity contribution < 1.29 is 24.1 Å². The molecule has 0 radical (unpaired) electrons. The van der Waals surface area contributed by atoms with Gasteiger partial charge in [-0.3, -0.25) is 0 Å². The molecule has 0 saturated heterocycles. The Kier molecular flexibility index (Phi) is 6.67. The van der Waals surface area contributed by atoms with Crippen molar-refractivity contribution in [1.29, 1.82) is 0 Å². The molecule has 1 aromatic heterocycles. The monoisotopic (exact) mass is 269 g/mol. The van der Waals surface area contributed by atoms with Gasteiger partial charge < -0.3 is 19.3 Å². The molecular weight excluding hydrogens is 250 g/mol. The van der Waals surface area contributed by atoms with E-state index in [2.05, 4.69) is 11.9 Å². The van der Waals surface area contributed by atoms with Crippen LogP contribution in [0.15, 0.2) is 12.1 Å². The Morgan fingerprint density at radius 3 is 2.74 bits per heavy atom. The predicted octanol–water partition coefficient (Wildman–Crippen LogP) is 1.98. The molecule has 1 N–H and O–H groups in total. The lowest BCUT2D eigenvalue weighted by Crippen LogP contribution is -2.10. The highest BCUT2D eigenvalue weighted by Gasteiger charge is 2.14. The number of ether oxygens (including phenoxy) is 3. The van der Waals surface area contributed by atoms with Crippen LogP contribution in [0.25, 0.3) is 0 Å². The van der Waals surface area contributed by atoms with E-state index in [4.69, 9.17) is 19.3 Å². The van der Waals surface area contributed by atoms with Gasteiger partial charge in [-0.15, -0.1) is 0 Å². The average Bonchev–Trinajstić information content (AvgIpc) is 2.42. The summed E-state index contributed by atoms with van der Waals surface area (Å²) in [7, 11) is 1.39. The number of nitrogens with zero attached hydrogens (tertiary/aromatic N) is 1. The van der Waals surface area contributed by atoms with Gasteiger partial charge in [-0.2, -0.15) is 0 Å². The van der Waals surface area contributed by atoms with Crippen molar-refractivity contribution in [1.82, 2.24) is 4.98 Å². The van der Waals surface area contributed by atoms with E-state index in [1.165, 1.54) is 13.2 Å². The summed E-state index contributed by atoms with van der Waals surface area (Å²) in [4.78, 5) is 14.8. The number of aromatic carboxylic acids is 1. The summed E-state index contributed by atoms with van der Waals surface area (Å²) in [5.41, 5.74) is -0.160. The van der Waals surface area contributed by atoms with Gasteiger partial charge in [0.2, 0.25) is 5.88 Å². The molecule has 0 aliphatic rings.